The lowest BCUT2D eigenvalue weighted by Gasteiger charge is -2.29. The largest absolute Gasteiger partial charge is 0.489 e. The second-order valence-corrected chi connectivity index (χ2v) is 5.48. The Hall–Kier alpha value is -1.68. The molecule has 5 nitrogen and oxygen atoms in total. The molecular weight excluding hydrogens is 297 g/mol. The van der Waals surface area contributed by atoms with Crippen LogP contribution in [0.4, 0.5) is 4.39 Å². The summed E-state index contributed by atoms with van der Waals surface area (Å²) >= 11 is 0. The number of nitriles is 1. The molecule has 1 saturated heterocycles. The van der Waals surface area contributed by atoms with E-state index in [1.165, 1.54) is 6.07 Å². The number of rotatable bonds is 9. The van der Waals surface area contributed by atoms with E-state index in [-0.39, 0.29) is 11.6 Å². The molecule has 0 unspecified atom stereocenters. The Bertz CT molecular complexity index is 501. The number of halogens is 1. The summed E-state index contributed by atoms with van der Waals surface area (Å²) in [4.78, 5) is 4.56. The van der Waals surface area contributed by atoms with E-state index in [0.717, 1.165) is 39.4 Å². The maximum atomic E-state index is 13.5. The number of nitrogens with zero attached hydrogens (tertiary/aromatic N) is 3. The zero-order valence-electron chi connectivity index (χ0n) is 13.4. The number of hydrogen-bond acceptors (Lipinski definition) is 5. The molecule has 6 heteroatoms. The van der Waals surface area contributed by atoms with Crippen LogP contribution in [0.2, 0.25) is 0 Å². The van der Waals surface area contributed by atoms with Crippen molar-refractivity contribution in [3.05, 3.63) is 30.1 Å². The van der Waals surface area contributed by atoms with Gasteiger partial charge in [0.2, 0.25) is 0 Å². The van der Waals surface area contributed by atoms with Crippen molar-refractivity contribution in [1.82, 2.24) is 9.80 Å². The van der Waals surface area contributed by atoms with E-state index in [4.69, 9.17) is 14.7 Å². The first kappa shape index (κ1) is 17.7. The highest BCUT2D eigenvalue weighted by atomic mass is 19.1. The van der Waals surface area contributed by atoms with Gasteiger partial charge in [-0.3, -0.25) is 9.80 Å². The molecule has 0 aliphatic carbocycles. The number of ether oxygens (including phenoxy) is 2. The Morgan fingerprint density at radius 1 is 1.22 bits per heavy atom. The third-order valence-corrected chi connectivity index (χ3v) is 3.88. The molecule has 1 aliphatic heterocycles. The fraction of sp³-hybridized carbons (Fsp3) is 0.588. The molecule has 0 aromatic heterocycles. The summed E-state index contributed by atoms with van der Waals surface area (Å²) in [6.45, 7) is 7.12. The van der Waals surface area contributed by atoms with E-state index in [1.54, 1.807) is 18.2 Å². The van der Waals surface area contributed by atoms with Crippen molar-refractivity contribution < 1.29 is 13.9 Å². The van der Waals surface area contributed by atoms with Crippen molar-refractivity contribution in [2.45, 2.75) is 6.42 Å². The smallest absolute Gasteiger partial charge is 0.165 e. The minimum atomic E-state index is -0.343. The van der Waals surface area contributed by atoms with Crippen molar-refractivity contribution >= 4 is 0 Å². The van der Waals surface area contributed by atoms with Crippen LogP contribution in [0, 0.1) is 17.1 Å². The van der Waals surface area contributed by atoms with Gasteiger partial charge in [0.15, 0.2) is 11.6 Å². The lowest BCUT2D eigenvalue weighted by molar-refractivity contribution is 0.0328. The normalized spacial score (nSPS) is 15.5. The van der Waals surface area contributed by atoms with E-state index in [2.05, 4.69) is 15.9 Å². The molecule has 1 aromatic carbocycles. The fourth-order valence-electron chi connectivity index (χ4n) is 2.50. The van der Waals surface area contributed by atoms with Crippen molar-refractivity contribution in [3.8, 4) is 11.8 Å². The zero-order valence-corrected chi connectivity index (χ0v) is 13.4. The molecule has 0 amide bonds. The Morgan fingerprint density at radius 3 is 2.74 bits per heavy atom. The molecule has 0 bridgehead atoms. The van der Waals surface area contributed by atoms with Gasteiger partial charge in [0, 0.05) is 45.7 Å². The van der Waals surface area contributed by atoms with Crippen LogP contribution < -0.4 is 4.74 Å². The lowest BCUT2D eigenvalue weighted by atomic mass is 10.3. The molecule has 0 saturated carbocycles. The van der Waals surface area contributed by atoms with Crippen LogP contribution in [-0.4, -0.2) is 68.9 Å². The Labute approximate surface area is 137 Å². The first-order chi connectivity index (χ1) is 11.3. The topological polar surface area (TPSA) is 48.7 Å². The van der Waals surface area contributed by atoms with Gasteiger partial charge in [-0.25, -0.2) is 4.39 Å². The fourth-order valence-corrected chi connectivity index (χ4v) is 2.50. The van der Waals surface area contributed by atoms with Crippen molar-refractivity contribution in [3.63, 3.8) is 0 Å². The van der Waals surface area contributed by atoms with Gasteiger partial charge in [-0.2, -0.15) is 5.26 Å². The van der Waals surface area contributed by atoms with E-state index in [1.807, 2.05) is 0 Å². The summed E-state index contributed by atoms with van der Waals surface area (Å²) in [5.41, 5.74) is 0. The van der Waals surface area contributed by atoms with Gasteiger partial charge in [0.25, 0.3) is 0 Å². The first-order valence-corrected chi connectivity index (χ1v) is 8.06. The molecule has 1 heterocycles. The number of morpholine rings is 1. The van der Waals surface area contributed by atoms with Gasteiger partial charge < -0.3 is 9.47 Å². The average molecular weight is 321 g/mol. The molecule has 2 rings (SSSR count). The molecular formula is C17H24FN3O2. The van der Waals surface area contributed by atoms with E-state index in [9.17, 15) is 4.39 Å². The predicted molar refractivity (Wildman–Crippen MR) is 85.8 cm³/mol. The van der Waals surface area contributed by atoms with Crippen molar-refractivity contribution in [1.29, 1.82) is 5.26 Å². The molecule has 0 radical (unpaired) electrons. The Morgan fingerprint density at radius 2 is 2.00 bits per heavy atom. The van der Waals surface area contributed by atoms with Crippen molar-refractivity contribution in [2.24, 2.45) is 0 Å². The predicted octanol–water partition coefficient (Wildman–Crippen LogP) is 1.75. The highest BCUT2D eigenvalue weighted by Gasteiger charge is 2.12. The second-order valence-electron chi connectivity index (χ2n) is 5.48. The Kier molecular flexibility index (Phi) is 7.81. The van der Waals surface area contributed by atoms with Gasteiger partial charge in [-0.15, -0.1) is 0 Å². The third kappa shape index (κ3) is 6.53. The minimum absolute atomic E-state index is 0.279. The number of benzene rings is 1. The monoisotopic (exact) mass is 321 g/mol. The van der Waals surface area contributed by atoms with Crippen LogP contribution in [0.3, 0.4) is 0 Å². The van der Waals surface area contributed by atoms with E-state index >= 15 is 0 Å². The maximum Gasteiger partial charge on any atom is 0.165 e. The van der Waals surface area contributed by atoms with Gasteiger partial charge >= 0.3 is 0 Å². The number of hydrogen-bond donors (Lipinski definition) is 0. The first-order valence-electron chi connectivity index (χ1n) is 8.06. The zero-order chi connectivity index (χ0) is 16.3. The third-order valence-electron chi connectivity index (χ3n) is 3.88. The SMILES string of the molecule is N#CCCN(CCOc1ccccc1F)CCN1CCOCC1. The highest BCUT2D eigenvalue weighted by molar-refractivity contribution is 5.23. The summed E-state index contributed by atoms with van der Waals surface area (Å²) in [6.07, 6.45) is 0.489. The minimum Gasteiger partial charge on any atom is -0.489 e. The summed E-state index contributed by atoms with van der Waals surface area (Å²) in [5.74, 6) is -0.0645. The average Bonchev–Trinajstić information content (AvgIpc) is 2.59. The summed E-state index contributed by atoms with van der Waals surface area (Å²) < 4.78 is 24.4. The van der Waals surface area contributed by atoms with Crippen molar-refractivity contribution in [2.75, 3.05) is 59.1 Å². The summed E-state index contributed by atoms with van der Waals surface area (Å²) in [7, 11) is 0. The molecule has 23 heavy (non-hydrogen) atoms. The second kappa shape index (κ2) is 10.2. The quantitative estimate of drug-likeness (QED) is 0.693. The van der Waals surface area contributed by atoms with Gasteiger partial charge in [0.1, 0.15) is 6.61 Å². The van der Waals surface area contributed by atoms with Crippen LogP contribution in [0.25, 0.3) is 0 Å². The van der Waals surface area contributed by atoms with Crippen LogP contribution >= 0.6 is 0 Å². The molecule has 0 N–H and O–H groups in total. The maximum absolute atomic E-state index is 13.5. The van der Waals surface area contributed by atoms with E-state index in [0.29, 0.717) is 26.1 Å². The summed E-state index contributed by atoms with van der Waals surface area (Å²) in [5, 5.41) is 8.79. The van der Waals surface area contributed by atoms with Gasteiger partial charge in [0.05, 0.1) is 19.3 Å². The van der Waals surface area contributed by atoms with Crippen LogP contribution in [0.5, 0.6) is 5.75 Å². The molecule has 126 valence electrons. The highest BCUT2D eigenvalue weighted by Crippen LogP contribution is 2.15. The van der Waals surface area contributed by atoms with Gasteiger partial charge in [-0.05, 0) is 12.1 Å². The van der Waals surface area contributed by atoms with Crippen LogP contribution in [0.15, 0.2) is 24.3 Å². The summed E-state index contributed by atoms with van der Waals surface area (Å²) in [6, 6.07) is 8.59. The molecule has 1 aliphatic rings. The molecule has 0 spiro atoms. The Balaban J connectivity index is 1.73. The number of para-hydroxylation sites is 1. The standard InChI is InChI=1S/C17H24FN3O2/c18-16-4-1-2-5-17(16)23-15-12-20(7-3-6-19)8-9-21-10-13-22-14-11-21/h1-2,4-5H,3,7-15H2. The molecule has 1 fully saturated rings. The molecule has 1 aromatic rings. The van der Waals surface area contributed by atoms with Crippen LogP contribution in [-0.2, 0) is 4.74 Å². The van der Waals surface area contributed by atoms with Gasteiger partial charge in [-0.1, -0.05) is 12.1 Å². The van der Waals surface area contributed by atoms with Crippen LogP contribution in [0.1, 0.15) is 6.42 Å². The van der Waals surface area contributed by atoms with E-state index < -0.39 is 0 Å². The lowest BCUT2D eigenvalue weighted by Crippen LogP contribution is -2.42. The molecule has 0 atom stereocenters.